The van der Waals surface area contributed by atoms with Crippen LogP contribution in [0.5, 0.6) is 0 Å². The van der Waals surface area contributed by atoms with Gasteiger partial charge in [0.05, 0.1) is 24.1 Å². The largest absolute Gasteiger partial charge is 0.465 e. The molecule has 0 unspecified atom stereocenters. The van der Waals surface area contributed by atoms with Gasteiger partial charge < -0.3 is 15.8 Å². The standard InChI is InChI=1S/C13H16N4O2/c1-8-12(7-17(2)16-8)15-9-4-5-11(14)10(6-9)13(18)19-3/h4-7,15H,14H2,1-3H3. The summed E-state index contributed by atoms with van der Waals surface area (Å²) in [5.41, 5.74) is 8.99. The molecule has 0 spiro atoms. The van der Waals surface area contributed by atoms with E-state index in [0.717, 1.165) is 17.1 Å². The molecule has 1 heterocycles. The van der Waals surface area contributed by atoms with Gasteiger partial charge in [0, 0.05) is 24.6 Å². The Morgan fingerprint density at radius 2 is 2.21 bits per heavy atom. The molecular weight excluding hydrogens is 244 g/mol. The number of aromatic nitrogens is 2. The van der Waals surface area contributed by atoms with Gasteiger partial charge in [-0.15, -0.1) is 0 Å². The molecule has 0 fully saturated rings. The summed E-state index contributed by atoms with van der Waals surface area (Å²) in [7, 11) is 3.17. The van der Waals surface area contributed by atoms with Crippen molar-refractivity contribution in [2.75, 3.05) is 18.2 Å². The van der Waals surface area contributed by atoms with Gasteiger partial charge in [-0.3, -0.25) is 4.68 Å². The number of hydrogen-bond donors (Lipinski definition) is 2. The van der Waals surface area contributed by atoms with Crippen LogP contribution in [0, 0.1) is 6.92 Å². The minimum Gasteiger partial charge on any atom is -0.465 e. The van der Waals surface area contributed by atoms with E-state index in [0.29, 0.717) is 11.3 Å². The summed E-state index contributed by atoms with van der Waals surface area (Å²) in [4.78, 5) is 11.6. The van der Waals surface area contributed by atoms with Crippen LogP contribution in [0.15, 0.2) is 24.4 Å². The van der Waals surface area contributed by atoms with E-state index in [2.05, 4.69) is 15.2 Å². The van der Waals surface area contributed by atoms with Gasteiger partial charge in [-0.05, 0) is 25.1 Å². The molecule has 0 aliphatic heterocycles. The van der Waals surface area contributed by atoms with Crippen LogP contribution in [-0.2, 0) is 11.8 Å². The Bertz CT molecular complexity index is 619. The second kappa shape index (κ2) is 5.01. The highest BCUT2D eigenvalue weighted by molar-refractivity contribution is 5.96. The van der Waals surface area contributed by atoms with Crippen LogP contribution in [0.25, 0.3) is 0 Å². The molecule has 0 saturated carbocycles. The zero-order chi connectivity index (χ0) is 14.0. The second-order valence-corrected chi connectivity index (χ2v) is 4.22. The Kier molecular flexibility index (Phi) is 3.41. The summed E-state index contributed by atoms with van der Waals surface area (Å²) in [6.07, 6.45) is 1.86. The van der Waals surface area contributed by atoms with Crippen molar-refractivity contribution in [3.05, 3.63) is 35.7 Å². The van der Waals surface area contributed by atoms with E-state index in [1.54, 1.807) is 22.9 Å². The summed E-state index contributed by atoms with van der Waals surface area (Å²) >= 11 is 0. The molecule has 3 N–H and O–H groups in total. The SMILES string of the molecule is COC(=O)c1cc(Nc2cn(C)nc2C)ccc1N. The number of anilines is 3. The lowest BCUT2D eigenvalue weighted by Crippen LogP contribution is -2.06. The first-order valence-electron chi connectivity index (χ1n) is 5.76. The number of carbonyl (C=O) groups is 1. The zero-order valence-corrected chi connectivity index (χ0v) is 11.1. The summed E-state index contributed by atoms with van der Waals surface area (Å²) in [5, 5.41) is 7.43. The predicted molar refractivity (Wildman–Crippen MR) is 73.4 cm³/mol. The molecule has 6 heteroatoms. The summed E-state index contributed by atoms with van der Waals surface area (Å²) in [6, 6.07) is 5.13. The van der Waals surface area contributed by atoms with Crippen molar-refractivity contribution in [2.45, 2.75) is 6.92 Å². The zero-order valence-electron chi connectivity index (χ0n) is 11.1. The van der Waals surface area contributed by atoms with Crippen LogP contribution in [0.2, 0.25) is 0 Å². The van der Waals surface area contributed by atoms with Crippen molar-refractivity contribution >= 4 is 23.0 Å². The van der Waals surface area contributed by atoms with Crippen molar-refractivity contribution in [3.63, 3.8) is 0 Å². The number of hydrogen-bond acceptors (Lipinski definition) is 5. The first-order valence-corrected chi connectivity index (χ1v) is 5.76. The monoisotopic (exact) mass is 260 g/mol. The molecule has 0 aliphatic carbocycles. The smallest absolute Gasteiger partial charge is 0.340 e. The molecular formula is C13H16N4O2. The summed E-state index contributed by atoms with van der Waals surface area (Å²) in [6.45, 7) is 1.90. The molecule has 0 aliphatic rings. The lowest BCUT2D eigenvalue weighted by molar-refractivity contribution is 0.0602. The van der Waals surface area contributed by atoms with E-state index in [1.807, 2.05) is 20.2 Å². The highest BCUT2D eigenvalue weighted by atomic mass is 16.5. The Morgan fingerprint density at radius 1 is 1.47 bits per heavy atom. The van der Waals surface area contributed by atoms with E-state index < -0.39 is 5.97 Å². The molecule has 0 radical (unpaired) electrons. The third kappa shape index (κ3) is 2.67. The predicted octanol–water partition coefficient (Wildman–Crippen LogP) is 1.84. The second-order valence-electron chi connectivity index (χ2n) is 4.22. The maximum atomic E-state index is 11.6. The molecule has 6 nitrogen and oxygen atoms in total. The Morgan fingerprint density at radius 3 is 2.79 bits per heavy atom. The Hall–Kier alpha value is -2.50. The summed E-state index contributed by atoms with van der Waals surface area (Å²) < 4.78 is 6.41. The van der Waals surface area contributed by atoms with Crippen molar-refractivity contribution in [1.29, 1.82) is 0 Å². The van der Waals surface area contributed by atoms with Gasteiger partial charge in [0.25, 0.3) is 0 Å². The van der Waals surface area contributed by atoms with Crippen molar-refractivity contribution in [1.82, 2.24) is 9.78 Å². The number of aryl methyl sites for hydroxylation is 2. The number of rotatable bonds is 3. The fraction of sp³-hybridized carbons (Fsp3) is 0.231. The maximum Gasteiger partial charge on any atom is 0.340 e. The lowest BCUT2D eigenvalue weighted by Gasteiger charge is -2.08. The van der Waals surface area contributed by atoms with E-state index in [4.69, 9.17) is 5.73 Å². The highest BCUT2D eigenvalue weighted by Gasteiger charge is 2.11. The van der Waals surface area contributed by atoms with Crippen LogP contribution in [0.4, 0.5) is 17.1 Å². The molecule has 100 valence electrons. The molecule has 1 aromatic heterocycles. The highest BCUT2D eigenvalue weighted by Crippen LogP contribution is 2.23. The van der Waals surface area contributed by atoms with Gasteiger partial charge in [0.15, 0.2) is 0 Å². The van der Waals surface area contributed by atoms with Gasteiger partial charge in [0.1, 0.15) is 0 Å². The van der Waals surface area contributed by atoms with Crippen LogP contribution in [0.3, 0.4) is 0 Å². The molecule has 0 atom stereocenters. The first-order chi connectivity index (χ1) is 9.01. The average molecular weight is 260 g/mol. The van der Waals surface area contributed by atoms with Crippen molar-refractivity contribution < 1.29 is 9.53 Å². The minimum atomic E-state index is -0.455. The molecule has 1 aromatic carbocycles. The third-order valence-corrected chi connectivity index (χ3v) is 2.75. The third-order valence-electron chi connectivity index (χ3n) is 2.75. The minimum absolute atomic E-state index is 0.342. The van der Waals surface area contributed by atoms with Gasteiger partial charge in [-0.2, -0.15) is 5.10 Å². The van der Waals surface area contributed by atoms with Crippen LogP contribution in [0.1, 0.15) is 16.1 Å². The first kappa shape index (κ1) is 12.9. The van der Waals surface area contributed by atoms with E-state index in [9.17, 15) is 4.79 Å². The van der Waals surface area contributed by atoms with Crippen LogP contribution < -0.4 is 11.1 Å². The number of nitrogens with two attached hydrogens (primary N) is 1. The molecule has 0 bridgehead atoms. The number of nitrogens with zero attached hydrogens (tertiary/aromatic N) is 2. The number of ether oxygens (including phenoxy) is 1. The molecule has 0 saturated heterocycles. The molecule has 19 heavy (non-hydrogen) atoms. The number of esters is 1. The van der Waals surface area contributed by atoms with Gasteiger partial charge in [-0.1, -0.05) is 0 Å². The van der Waals surface area contributed by atoms with E-state index >= 15 is 0 Å². The Labute approximate surface area is 111 Å². The fourth-order valence-electron chi connectivity index (χ4n) is 1.80. The number of nitrogens with one attached hydrogen (secondary N) is 1. The van der Waals surface area contributed by atoms with E-state index in [1.165, 1.54) is 7.11 Å². The maximum absolute atomic E-state index is 11.6. The topological polar surface area (TPSA) is 82.2 Å². The van der Waals surface area contributed by atoms with Gasteiger partial charge in [0.2, 0.25) is 0 Å². The molecule has 2 aromatic rings. The van der Waals surface area contributed by atoms with Gasteiger partial charge >= 0.3 is 5.97 Å². The van der Waals surface area contributed by atoms with Crippen molar-refractivity contribution in [2.24, 2.45) is 7.05 Å². The molecule has 0 amide bonds. The van der Waals surface area contributed by atoms with E-state index in [-0.39, 0.29) is 0 Å². The Balaban J connectivity index is 2.31. The number of benzene rings is 1. The average Bonchev–Trinajstić information content (AvgIpc) is 2.69. The van der Waals surface area contributed by atoms with Crippen LogP contribution in [-0.4, -0.2) is 22.9 Å². The number of methoxy groups -OCH3 is 1. The normalized spacial score (nSPS) is 10.3. The fourth-order valence-corrected chi connectivity index (χ4v) is 1.80. The lowest BCUT2D eigenvalue weighted by atomic mass is 10.1. The molecule has 2 rings (SSSR count). The summed E-state index contributed by atoms with van der Waals surface area (Å²) in [5.74, 6) is -0.455. The van der Waals surface area contributed by atoms with Gasteiger partial charge in [-0.25, -0.2) is 4.79 Å². The number of nitrogen functional groups attached to an aromatic ring is 1. The quantitative estimate of drug-likeness (QED) is 0.650. The number of carbonyl (C=O) groups excluding carboxylic acids is 1. The van der Waals surface area contributed by atoms with Crippen LogP contribution >= 0.6 is 0 Å². The van der Waals surface area contributed by atoms with Crippen molar-refractivity contribution in [3.8, 4) is 0 Å².